The molecule has 1 N–H and O–H groups in total. The molecule has 98 valence electrons. The zero-order chi connectivity index (χ0) is 13.0. The molecular formula is C15H21NO2. The topological polar surface area (TPSA) is 38.3 Å². The highest BCUT2D eigenvalue weighted by Gasteiger charge is 2.34. The monoisotopic (exact) mass is 247 g/mol. The molecule has 0 radical (unpaired) electrons. The summed E-state index contributed by atoms with van der Waals surface area (Å²) in [5, 5.41) is 3.03. The lowest BCUT2D eigenvalue weighted by atomic mass is 9.81. The van der Waals surface area contributed by atoms with Gasteiger partial charge in [-0.05, 0) is 25.3 Å². The van der Waals surface area contributed by atoms with Gasteiger partial charge in [0.05, 0.1) is 5.41 Å². The van der Waals surface area contributed by atoms with Gasteiger partial charge in [-0.3, -0.25) is 4.79 Å². The summed E-state index contributed by atoms with van der Waals surface area (Å²) in [7, 11) is 0. The maximum absolute atomic E-state index is 12.2. The van der Waals surface area contributed by atoms with Crippen LogP contribution in [0.2, 0.25) is 0 Å². The quantitative estimate of drug-likeness (QED) is 0.891. The second-order valence-electron chi connectivity index (χ2n) is 5.34. The first kappa shape index (κ1) is 13.1. The minimum absolute atomic E-state index is 0.145. The van der Waals surface area contributed by atoms with Gasteiger partial charge in [0.2, 0.25) is 5.91 Å². The Morgan fingerprint density at radius 2 is 1.89 bits per heavy atom. The molecule has 1 aliphatic heterocycles. The van der Waals surface area contributed by atoms with E-state index in [0.29, 0.717) is 19.8 Å². The fourth-order valence-corrected chi connectivity index (χ4v) is 2.15. The van der Waals surface area contributed by atoms with Crippen molar-refractivity contribution in [2.45, 2.75) is 33.2 Å². The van der Waals surface area contributed by atoms with Gasteiger partial charge in [-0.1, -0.05) is 36.8 Å². The molecule has 1 aromatic carbocycles. The van der Waals surface area contributed by atoms with Gasteiger partial charge in [0.1, 0.15) is 0 Å². The van der Waals surface area contributed by atoms with Crippen LogP contribution in [0.1, 0.15) is 30.9 Å². The number of nitrogens with one attached hydrogen (secondary N) is 1. The molecule has 0 atom stereocenters. The SMILES string of the molecule is Cc1ccc(CNC(=O)C2(C)CCOCC2)cc1. The molecule has 0 unspecified atom stereocenters. The standard InChI is InChI=1S/C15H21NO2/c1-12-3-5-13(6-4-12)11-16-14(17)15(2)7-9-18-10-8-15/h3-6H,7-11H2,1-2H3,(H,16,17). The third kappa shape index (κ3) is 3.10. The molecule has 1 aromatic rings. The van der Waals surface area contributed by atoms with Gasteiger partial charge >= 0.3 is 0 Å². The Bertz CT molecular complexity index is 405. The third-order valence-electron chi connectivity index (χ3n) is 3.72. The third-order valence-corrected chi connectivity index (χ3v) is 3.72. The van der Waals surface area contributed by atoms with Crippen molar-refractivity contribution in [1.29, 1.82) is 0 Å². The lowest BCUT2D eigenvalue weighted by Gasteiger charge is -2.32. The molecule has 1 aliphatic rings. The summed E-state index contributed by atoms with van der Waals surface area (Å²) in [5.41, 5.74) is 2.12. The van der Waals surface area contributed by atoms with Crippen molar-refractivity contribution in [3.63, 3.8) is 0 Å². The van der Waals surface area contributed by atoms with Crippen LogP contribution in [0.4, 0.5) is 0 Å². The second kappa shape index (κ2) is 5.53. The Kier molecular flexibility index (Phi) is 4.02. The normalized spacial score (nSPS) is 18.3. The fraction of sp³-hybridized carbons (Fsp3) is 0.533. The number of ether oxygens (including phenoxy) is 1. The molecule has 1 saturated heterocycles. The average molecular weight is 247 g/mol. The summed E-state index contributed by atoms with van der Waals surface area (Å²) in [5.74, 6) is 0.145. The van der Waals surface area contributed by atoms with Crippen LogP contribution in [0.25, 0.3) is 0 Å². The molecule has 18 heavy (non-hydrogen) atoms. The van der Waals surface area contributed by atoms with Crippen molar-refractivity contribution >= 4 is 5.91 Å². The first-order valence-electron chi connectivity index (χ1n) is 6.52. The van der Waals surface area contributed by atoms with Gasteiger partial charge < -0.3 is 10.1 Å². The van der Waals surface area contributed by atoms with Crippen molar-refractivity contribution in [3.8, 4) is 0 Å². The molecule has 0 spiro atoms. The summed E-state index contributed by atoms with van der Waals surface area (Å²) in [6.07, 6.45) is 1.62. The minimum Gasteiger partial charge on any atom is -0.381 e. The van der Waals surface area contributed by atoms with Crippen LogP contribution in [0, 0.1) is 12.3 Å². The number of rotatable bonds is 3. The van der Waals surface area contributed by atoms with Crippen molar-refractivity contribution in [2.24, 2.45) is 5.41 Å². The average Bonchev–Trinajstić information content (AvgIpc) is 2.38. The van der Waals surface area contributed by atoms with Gasteiger partial charge in [-0.15, -0.1) is 0 Å². The molecule has 0 bridgehead atoms. The van der Waals surface area contributed by atoms with Crippen LogP contribution in [0.15, 0.2) is 24.3 Å². The molecular weight excluding hydrogens is 226 g/mol. The van der Waals surface area contributed by atoms with Crippen molar-refractivity contribution in [3.05, 3.63) is 35.4 Å². The Morgan fingerprint density at radius 1 is 1.28 bits per heavy atom. The number of benzene rings is 1. The maximum atomic E-state index is 12.2. The van der Waals surface area contributed by atoms with Crippen LogP contribution in [0.5, 0.6) is 0 Å². The summed E-state index contributed by atoms with van der Waals surface area (Å²) < 4.78 is 5.31. The number of hydrogen-bond acceptors (Lipinski definition) is 2. The minimum atomic E-state index is -0.261. The van der Waals surface area contributed by atoms with E-state index >= 15 is 0 Å². The van der Waals surface area contributed by atoms with Crippen molar-refractivity contribution in [1.82, 2.24) is 5.32 Å². The summed E-state index contributed by atoms with van der Waals surface area (Å²) in [4.78, 5) is 12.2. The molecule has 3 heteroatoms. The highest BCUT2D eigenvalue weighted by molar-refractivity contribution is 5.82. The van der Waals surface area contributed by atoms with Crippen molar-refractivity contribution in [2.75, 3.05) is 13.2 Å². The van der Waals surface area contributed by atoms with Crippen LogP contribution in [0.3, 0.4) is 0 Å². The Balaban J connectivity index is 1.89. The van der Waals surface area contributed by atoms with E-state index in [0.717, 1.165) is 18.4 Å². The number of amides is 1. The molecule has 1 heterocycles. The van der Waals surface area contributed by atoms with E-state index in [1.807, 2.05) is 6.92 Å². The molecule has 0 aromatic heterocycles. The summed E-state index contributed by atoms with van der Waals surface area (Å²) in [6.45, 7) is 6.07. The maximum Gasteiger partial charge on any atom is 0.226 e. The molecule has 1 fully saturated rings. The van der Waals surface area contributed by atoms with E-state index < -0.39 is 0 Å². The first-order valence-corrected chi connectivity index (χ1v) is 6.52. The van der Waals surface area contributed by atoms with Crippen molar-refractivity contribution < 1.29 is 9.53 Å². The van der Waals surface area contributed by atoms with E-state index in [4.69, 9.17) is 4.74 Å². The van der Waals surface area contributed by atoms with Gasteiger partial charge in [-0.2, -0.15) is 0 Å². The van der Waals surface area contributed by atoms with Gasteiger partial charge in [-0.25, -0.2) is 0 Å². The molecule has 3 nitrogen and oxygen atoms in total. The van der Waals surface area contributed by atoms with E-state index in [2.05, 4.69) is 36.5 Å². The molecule has 0 saturated carbocycles. The number of carbonyl (C=O) groups excluding carboxylic acids is 1. The highest BCUT2D eigenvalue weighted by Crippen LogP contribution is 2.29. The van der Waals surface area contributed by atoms with Crippen LogP contribution >= 0.6 is 0 Å². The number of aryl methyl sites for hydroxylation is 1. The van der Waals surface area contributed by atoms with Gasteiger partial charge in [0.15, 0.2) is 0 Å². The lowest BCUT2D eigenvalue weighted by Crippen LogP contribution is -2.42. The van der Waals surface area contributed by atoms with E-state index in [-0.39, 0.29) is 11.3 Å². The summed E-state index contributed by atoms with van der Waals surface area (Å²) in [6, 6.07) is 8.25. The number of hydrogen-bond donors (Lipinski definition) is 1. The smallest absolute Gasteiger partial charge is 0.226 e. The highest BCUT2D eigenvalue weighted by atomic mass is 16.5. The summed E-state index contributed by atoms with van der Waals surface area (Å²) >= 11 is 0. The van der Waals surface area contributed by atoms with Crippen LogP contribution < -0.4 is 5.32 Å². The molecule has 1 amide bonds. The largest absolute Gasteiger partial charge is 0.381 e. The van der Waals surface area contributed by atoms with Crippen LogP contribution in [-0.2, 0) is 16.1 Å². The van der Waals surface area contributed by atoms with Crippen LogP contribution in [-0.4, -0.2) is 19.1 Å². The molecule has 2 rings (SSSR count). The Labute approximate surface area is 109 Å². The predicted octanol–water partition coefficient (Wildman–Crippen LogP) is 2.43. The Morgan fingerprint density at radius 3 is 2.50 bits per heavy atom. The van der Waals surface area contributed by atoms with E-state index in [1.165, 1.54) is 5.56 Å². The fourth-order valence-electron chi connectivity index (χ4n) is 2.15. The second-order valence-corrected chi connectivity index (χ2v) is 5.34. The number of carbonyl (C=O) groups is 1. The molecule has 0 aliphatic carbocycles. The zero-order valence-corrected chi connectivity index (χ0v) is 11.2. The van der Waals surface area contributed by atoms with E-state index in [9.17, 15) is 4.79 Å². The van der Waals surface area contributed by atoms with E-state index in [1.54, 1.807) is 0 Å². The first-order chi connectivity index (χ1) is 8.60. The zero-order valence-electron chi connectivity index (χ0n) is 11.2. The lowest BCUT2D eigenvalue weighted by molar-refractivity contribution is -0.135. The van der Waals surface area contributed by atoms with Gasteiger partial charge in [0.25, 0.3) is 0 Å². The van der Waals surface area contributed by atoms with Gasteiger partial charge in [0, 0.05) is 19.8 Å². The Hall–Kier alpha value is -1.35. The predicted molar refractivity (Wildman–Crippen MR) is 71.2 cm³/mol.